The van der Waals surface area contributed by atoms with Gasteiger partial charge in [-0.1, -0.05) is 12.1 Å². The Morgan fingerprint density at radius 3 is 2.65 bits per heavy atom. The molecule has 1 aromatic rings. The molecule has 0 aliphatic rings. The highest BCUT2D eigenvalue weighted by molar-refractivity contribution is 5.79. The van der Waals surface area contributed by atoms with E-state index in [4.69, 9.17) is 4.74 Å². The normalized spacial score (nSPS) is 9.82. The van der Waals surface area contributed by atoms with E-state index >= 15 is 0 Å². The van der Waals surface area contributed by atoms with Gasteiger partial charge in [-0.2, -0.15) is 0 Å². The van der Waals surface area contributed by atoms with Crippen LogP contribution in [0.5, 0.6) is 5.75 Å². The summed E-state index contributed by atoms with van der Waals surface area (Å²) >= 11 is 0. The minimum Gasteiger partial charge on any atom is -0.496 e. The molecule has 0 aliphatic carbocycles. The van der Waals surface area contributed by atoms with Crippen LogP contribution in [0, 0.1) is 13.8 Å². The number of carbonyl (C=O) groups is 1. The molecule has 3 nitrogen and oxygen atoms in total. The van der Waals surface area contributed by atoms with E-state index in [-0.39, 0.29) is 5.91 Å². The highest BCUT2D eigenvalue weighted by Crippen LogP contribution is 2.23. The van der Waals surface area contributed by atoms with Gasteiger partial charge in [-0.25, -0.2) is 0 Å². The fourth-order valence-electron chi connectivity index (χ4n) is 1.60. The Balaban J connectivity index is 2.85. The SMILES string of the molecule is C=CCNC(=O)Cc1cc(C)c(C)cc1OC. The summed E-state index contributed by atoms with van der Waals surface area (Å²) in [7, 11) is 1.62. The summed E-state index contributed by atoms with van der Waals surface area (Å²) in [5.74, 6) is 0.744. The first-order chi connectivity index (χ1) is 8.08. The number of nitrogens with one attached hydrogen (secondary N) is 1. The van der Waals surface area contributed by atoms with Crippen LogP contribution < -0.4 is 10.1 Å². The third-order valence-electron chi connectivity index (χ3n) is 2.69. The summed E-state index contributed by atoms with van der Waals surface area (Å²) in [5, 5.41) is 2.75. The fraction of sp³-hybridized carbons (Fsp3) is 0.357. The summed E-state index contributed by atoms with van der Waals surface area (Å²) in [6.45, 7) is 8.11. The van der Waals surface area contributed by atoms with Gasteiger partial charge in [0.2, 0.25) is 5.91 Å². The van der Waals surface area contributed by atoms with E-state index in [2.05, 4.69) is 11.9 Å². The molecule has 92 valence electrons. The molecule has 0 bridgehead atoms. The van der Waals surface area contributed by atoms with Crippen LogP contribution in [-0.4, -0.2) is 19.6 Å². The summed E-state index contributed by atoms with van der Waals surface area (Å²) in [6, 6.07) is 3.97. The predicted molar refractivity (Wildman–Crippen MR) is 69.4 cm³/mol. The number of aryl methyl sites for hydroxylation is 2. The Hall–Kier alpha value is -1.77. The van der Waals surface area contributed by atoms with E-state index in [0.29, 0.717) is 13.0 Å². The zero-order chi connectivity index (χ0) is 12.8. The van der Waals surface area contributed by atoms with Crippen LogP contribution >= 0.6 is 0 Å². The van der Waals surface area contributed by atoms with E-state index in [9.17, 15) is 4.79 Å². The van der Waals surface area contributed by atoms with Crippen LogP contribution in [0.3, 0.4) is 0 Å². The van der Waals surface area contributed by atoms with Crippen molar-refractivity contribution in [1.82, 2.24) is 5.32 Å². The van der Waals surface area contributed by atoms with Gasteiger partial charge in [0.05, 0.1) is 13.5 Å². The lowest BCUT2D eigenvalue weighted by atomic mass is 10.0. The maximum absolute atomic E-state index is 11.6. The van der Waals surface area contributed by atoms with Crippen molar-refractivity contribution >= 4 is 5.91 Å². The van der Waals surface area contributed by atoms with E-state index in [0.717, 1.165) is 22.4 Å². The zero-order valence-electron chi connectivity index (χ0n) is 10.7. The topological polar surface area (TPSA) is 38.3 Å². The predicted octanol–water partition coefficient (Wildman–Crippen LogP) is 2.16. The van der Waals surface area contributed by atoms with Crippen LogP contribution in [0.4, 0.5) is 0 Å². The molecular formula is C14H19NO2. The second-order valence-corrected chi connectivity index (χ2v) is 4.02. The van der Waals surface area contributed by atoms with Crippen molar-refractivity contribution in [3.05, 3.63) is 41.5 Å². The van der Waals surface area contributed by atoms with Gasteiger partial charge in [0.1, 0.15) is 5.75 Å². The molecule has 0 unspecified atom stereocenters. The van der Waals surface area contributed by atoms with Crippen LogP contribution in [0.2, 0.25) is 0 Å². The van der Waals surface area contributed by atoms with Crippen molar-refractivity contribution in [3.8, 4) is 5.75 Å². The number of amides is 1. The number of ether oxygens (including phenoxy) is 1. The third kappa shape index (κ3) is 3.63. The first-order valence-electron chi connectivity index (χ1n) is 5.60. The summed E-state index contributed by atoms with van der Waals surface area (Å²) in [6.07, 6.45) is 1.99. The standard InChI is InChI=1S/C14H19NO2/c1-5-6-15-14(16)9-12-7-10(2)11(3)8-13(12)17-4/h5,7-8H,1,6,9H2,2-4H3,(H,15,16). The molecule has 1 amide bonds. The molecule has 0 atom stereocenters. The number of carbonyl (C=O) groups excluding carboxylic acids is 1. The van der Waals surface area contributed by atoms with E-state index in [1.165, 1.54) is 0 Å². The molecule has 17 heavy (non-hydrogen) atoms. The summed E-state index contributed by atoms with van der Waals surface area (Å²) in [5.41, 5.74) is 3.24. The smallest absolute Gasteiger partial charge is 0.224 e. The second kappa shape index (κ2) is 6.09. The number of benzene rings is 1. The summed E-state index contributed by atoms with van der Waals surface area (Å²) in [4.78, 5) is 11.6. The second-order valence-electron chi connectivity index (χ2n) is 4.02. The minimum atomic E-state index is -0.0218. The van der Waals surface area contributed by atoms with Crippen LogP contribution in [0.25, 0.3) is 0 Å². The first kappa shape index (κ1) is 13.3. The van der Waals surface area contributed by atoms with Crippen molar-refractivity contribution in [1.29, 1.82) is 0 Å². The number of rotatable bonds is 5. The lowest BCUT2D eigenvalue weighted by Crippen LogP contribution is -2.25. The molecule has 1 aromatic carbocycles. The van der Waals surface area contributed by atoms with Gasteiger partial charge in [-0.05, 0) is 31.0 Å². The van der Waals surface area contributed by atoms with Gasteiger partial charge >= 0.3 is 0 Å². The van der Waals surface area contributed by atoms with Gasteiger partial charge < -0.3 is 10.1 Å². The Labute approximate surface area is 102 Å². The minimum absolute atomic E-state index is 0.0218. The maximum Gasteiger partial charge on any atom is 0.224 e. The van der Waals surface area contributed by atoms with Gasteiger partial charge in [0.15, 0.2) is 0 Å². The summed E-state index contributed by atoms with van der Waals surface area (Å²) < 4.78 is 5.29. The lowest BCUT2D eigenvalue weighted by molar-refractivity contribution is -0.120. The van der Waals surface area contributed by atoms with E-state index in [1.54, 1.807) is 13.2 Å². The molecule has 1 rings (SSSR count). The molecule has 3 heteroatoms. The van der Waals surface area contributed by atoms with Gasteiger partial charge in [0.25, 0.3) is 0 Å². The van der Waals surface area contributed by atoms with Crippen LogP contribution in [0.1, 0.15) is 16.7 Å². The average Bonchev–Trinajstić information content (AvgIpc) is 2.31. The highest BCUT2D eigenvalue weighted by atomic mass is 16.5. The highest BCUT2D eigenvalue weighted by Gasteiger charge is 2.09. The first-order valence-corrected chi connectivity index (χ1v) is 5.60. The molecule has 0 saturated heterocycles. The molecule has 0 radical (unpaired) electrons. The largest absolute Gasteiger partial charge is 0.496 e. The Morgan fingerprint density at radius 1 is 1.41 bits per heavy atom. The van der Waals surface area contributed by atoms with Crippen molar-refractivity contribution in [2.75, 3.05) is 13.7 Å². The molecule has 0 heterocycles. The van der Waals surface area contributed by atoms with Crippen molar-refractivity contribution < 1.29 is 9.53 Å². The van der Waals surface area contributed by atoms with Crippen molar-refractivity contribution in [2.24, 2.45) is 0 Å². The molecule has 0 spiro atoms. The van der Waals surface area contributed by atoms with Crippen LogP contribution in [0.15, 0.2) is 24.8 Å². The van der Waals surface area contributed by atoms with Crippen molar-refractivity contribution in [2.45, 2.75) is 20.3 Å². The van der Waals surface area contributed by atoms with E-state index in [1.807, 2.05) is 26.0 Å². The lowest BCUT2D eigenvalue weighted by Gasteiger charge is -2.11. The molecular weight excluding hydrogens is 214 g/mol. The number of hydrogen-bond acceptors (Lipinski definition) is 2. The van der Waals surface area contributed by atoms with Gasteiger partial charge in [0, 0.05) is 12.1 Å². The molecule has 1 N–H and O–H groups in total. The quantitative estimate of drug-likeness (QED) is 0.791. The average molecular weight is 233 g/mol. The fourth-order valence-corrected chi connectivity index (χ4v) is 1.60. The number of hydrogen-bond donors (Lipinski definition) is 1. The molecule has 0 aliphatic heterocycles. The van der Waals surface area contributed by atoms with Gasteiger partial charge in [-0.15, -0.1) is 6.58 Å². The van der Waals surface area contributed by atoms with Gasteiger partial charge in [-0.3, -0.25) is 4.79 Å². The Morgan fingerprint density at radius 2 is 2.06 bits per heavy atom. The van der Waals surface area contributed by atoms with Crippen LogP contribution in [-0.2, 0) is 11.2 Å². The molecule has 0 fully saturated rings. The third-order valence-corrected chi connectivity index (χ3v) is 2.69. The Kier molecular flexibility index (Phi) is 4.76. The van der Waals surface area contributed by atoms with Crippen molar-refractivity contribution in [3.63, 3.8) is 0 Å². The van der Waals surface area contributed by atoms with E-state index < -0.39 is 0 Å². The Bertz CT molecular complexity index is 424. The zero-order valence-corrected chi connectivity index (χ0v) is 10.7. The maximum atomic E-state index is 11.6. The number of methoxy groups -OCH3 is 1. The molecule has 0 saturated carbocycles. The monoisotopic (exact) mass is 233 g/mol. The molecule has 0 aromatic heterocycles.